The van der Waals surface area contributed by atoms with Gasteiger partial charge in [-0.15, -0.1) is 0 Å². The number of hydrogen-bond acceptors (Lipinski definition) is 5. The monoisotopic (exact) mass is 382 g/mol. The van der Waals surface area contributed by atoms with Crippen molar-refractivity contribution in [2.75, 3.05) is 19.5 Å². The Hall–Kier alpha value is -2.02. The average molecular weight is 383 g/mol. The highest BCUT2D eigenvalue weighted by Gasteiger charge is 2.13. The number of nitrogens with one attached hydrogen (secondary N) is 1. The van der Waals surface area contributed by atoms with Crippen molar-refractivity contribution in [3.8, 4) is 11.5 Å². The molecule has 24 heavy (non-hydrogen) atoms. The van der Waals surface area contributed by atoms with Crippen LogP contribution in [0.1, 0.15) is 10.4 Å². The van der Waals surface area contributed by atoms with E-state index in [0.717, 1.165) is 4.70 Å². The molecule has 0 aliphatic heterocycles. The lowest BCUT2D eigenvalue weighted by Crippen LogP contribution is -2.11. The van der Waals surface area contributed by atoms with Crippen molar-refractivity contribution in [1.82, 2.24) is 4.98 Å². The smallest absolute Gasteiger partial charge is 0.257 e. The summed E-state index contributed by atoms with van der Waals surface area (Å²) in [5, 5.41) is 4.05. The van der Waals surface area contributed by atoms with Crippen LogP contribution >= 0.6 is 34.5 Å². The maximum atomic E-state index is 12.3. The molecule has 1 heterocycles. The molecule has 5 nitrogen and oxygen atoms in total. The molecule has 0 radical (unpaired) electrons. The van der Waals surface area contributed by atoms with Crippen LogP contribution < -0.4 is 14.8 Å². The Labute approximate surface area is 152 Å². The second kappa shape index (κ2) is 6.84. The number of rotatable bonds is 4. The van der Waals surface area contributed by atoms with Crippen LogP contribution in [0.25, 0.3) is 10.2 Å². The quantitative estimate of drug-likeness (QED) is 0.698. The molecule has 3 aromatic rings. The molecule has 0 bridgehead atoms. The van der Waals surface area contributed by atoms with Crippen LogP contribution in [0.15, 0.2) is 30.3 Å². The van der Waals surface area contributed by atoms with Gasteiger partial charge in [0.2, 0.25) is 0 Å². The number of aromatic nitrogens is 1. The number of fused-ring (bicyclic) bond motifs is 1. The van der Waals surface area contributed by atoms with Crippen LogP contribution in [-0.4, -0.2) is 25.1 Å². The molecule has 0 spiro atoms. The van der Waals surface area contributed by atoms with Crippen molar-refractivity contribution in [3.63, 3.8) is 0 Å². The molecule has 1 aromatic heterocycles. The minimum Gasteiger partial charge on any atom is -0.495 e. The molecular formula is C16H12Cl2N2O3S. The molecule has 0 aliphatic rings. The van der Waals surface area contributed by atoms with Crippen molar-refractivity contribution in [2.24, 2.45) is 0 Å². The summed E-state index contributed by atoms with van der Waals surface area (Å²) in [5.74, 6) is 0.763. The van der Waals surface area contributed by atoms with Gasteiger partial charge in [-0.3, -0.25) is 10.1 Å². The van der Waals surface area contributed by atoms with Crippen LogP contribution in [0.5, 0.6) is 11.5 Å². The van der Waals surface area contributed by atoms with Gasteiger partial charge >= 0.3 is 0 Å². The summed E-state index contributed by atoms with van der Waals surface area (Å²) in [7, 11) is 3.06. The number of thiazole rings is 1. The lowest BCUT2D eigenvalue weighted by atomic mass is 10.2. The summed E-state index contributed by atoms with van der Waals surface area (Å²) in [4.78, 5) is 16.7. The maximum absolute atomic E-state index is 12.3. The molecule has 124 valence electrons. The summed E-state index contributed by atoms with van der Waals surface area (Å²) >= 11 is 13.5. The SMILES string of the molecule is COc1ccc(C(=O)Nc2nc3cc(Cl)c(OC)cc3s2)cc1Cl. The molecule has 3 rings (SSSR count). The Morgan fingerprint density at radius 3 is 2.46 bits per heavy atom. The van der Waals surface area contributed by atoms with E-state index in [1.165, 1.54) is 18.4 Å². The van der Waals surface area contributed by atoms with Crippen molar-refractivity contribution < 1.29 is 14.3 Å². The van der Waals surface area contributed by atoms with E-state index in [0.29, 0.717) is 37.8 Å². The highest BCUT2D eigenvalue weighted by atomic mass is 35.5. The van der Waals surface area contributed by atoms with Gasteiger partial charge in [0.25, 0.3) is 5.91 Å². The van der Waals surface area contributed by atoms with Crippen LogP contribution in [0.2, 0.25) is 10.0 Å². The number of halogens is 2. The van der Waals surface area contributed by atoms with Crippen LogP contribution in [0.3, 0.4) is 0 Å². The first-order chi connectivity index (χ1) is 11.5. The molecule has 0 aliphatic carbocycles. The molecule has 0 atom stereocenters. The number of nitrogens with zero attached hydrogens (tertiary/aromatic N) is 1. The number of anilines is 1. The predicted molar refractivity (Wildman–Crippen MR) is 97.1 cm³/mol. The van der Waals surface area contributed by atoms with Gasteiger partial charge in [0.1, 0.15) is 11.5 Å². The molecular weight excluding hydrogens is 371 g/mol. The van der Waals surface area contributed by atoms with E-state index in [4.69, 9.17) is 32.7 Å². The van der Waals surface area contributed by atoms with E-state index in [-0.39, 0.29) is 5.91 Å². The number of carbonyl (C=O) groups is 1. The fraction of sp³-hybridized carbons (Fsp3) is 0.125. The predicted octanol–water partition coefficient (Wildman–Crippen LogP) is 4.87. The van der Waals surface area contributed by atoms with Crippen LogP contribution in [0.4, 0.5) is 5.13 Å². The maximum Gasteiger partial charge on any atom is 0.257 e. The van der Waals surface area contributed by atoms with Crippen molar-refractivity contribution in [3.05, 3.63) is 45.9 Å². The second-order valence-corrected chi connectivity index (χ2v) is 6.62. The Bertz CT molecular complexity index is 927. The fourth-order valence-corrected chi connectivity index (χ4v) is 3.48. The third-order valence-electron chi connectivity index (χ3n) is 3.30. The minimum atomic E-state index is -0.309. The zero-order valence-electron chi connectivity index (χ0n) is 12.7. The number of benzene rings is 2. The van der Waals surface area contributed by atoms with Crippen molar-refractivity contribution in [1.29, 1.82) is 0 Å². The Morgan fingerprint density at radius 2 is 1.79 bits per heavy atom. The van der Waals surface area contributed by atoms with E-state index >= 15 is 0 Å². The van der Waals surface area contributed by atoms with E-state index in [2.05, 4.69) is 10.3 Å². The zero-order chi connectivity index (χ0) is 17.3. The molecule has 0 saturated heterocycles. The molecule has 0 saturated carbocycles. The second-order valence-electron chi connectivity index (χ2n) is 4.78. The third-order valence-corrected chi connectivity index (χ3v) is 4.82. The van der Waals surface area contributed by atoms with E-state index < -0.39 is 0 Å². The fourth-order valence-electron chi connectivity index (χ4n) is 2.12. The third kappa shape index (κ3) is 3.26. The Kier molecular flexibility index (Phi) is 4.80. The number of hydrogen-bond donors (Lipinski definition) is 1. The Balaban J connectivity index is 1.86. The summed E-state index contributed by atoms with van der Waals surface area (Å²) in [6.07, 6.45) is 0. The first kappa shape index (κ1) is 16.8. The normalized spacial score (nSPS) is 10.7. The van der Waals surface area contributed by atoms with Gasteiger partial charge in [0, 0.05) is 11.6 Å². The zero-order valence-corrected chi connectivity index (χ0v) is 15.1. The molecule has 2 aromatic carbocycles. The summed E-state index contributed by atoms with van der Waals surface area (Å²) in [5.41, 5.74) is 1.10. The van der Waals surface area contributed by atoms with Gasteiger partial charge < -0.3 is 9.47 Å². The first-order valence-corrected chi connectivity index (χ1v) is 8.38. The lowest BCUT2D eigenvalue weighted by molar-refractivity contribution is 0.102. The highest BCUT2D eigenvalue weighted by Crippen LogP contribution is 2.34. The van der Waals surface area contributed by atoms with Gasteiger partial charge in [0.15, 0.2) is 5.13 Å². The van der Waals surface area contributed by atoms with E-state index in [1.807, 2.05) is 0 Å². The van der Waals surface area contributed by atoms with Gasteiger partial charge in [0.05, 0.1) is 34.5 Å². The van der Waals surface area contributed by atoms with Gasteiger partial charge in [-0.25, -0.2) is 4.98 Å². The molecule has 1 N–H and O–H groups in total. The highest BCUT2D eigenvalue weighted by molar-refractivity contribution is 7.22. The molecule has 8 heteroatoms. The number of methoxy groups -OCH3 is 2. The largest absolute Gasteiger partial charge is 0.495 e. The average Bonchev–Trinajstić information content (AvgIpc) is 2.94. The van der Waals surface area contributed by atoms with Crippen molar-refractivity contribution in [2.45, 2.75) is 0 Å². The van der Waals surface area contributed by atoms with Crippen LogP contribution in [-0.2, 0) is 0 Å². The van der Waals surface area contributed by atoms with Gasteiger partial charge in [-0.1, -0.05) is 34.5 Å². The van der Waals surface area contributed by atoms with Crippen LogP contribution in [0, 0.1) is 0 Å². The number of ether oxygens (including phenoxy) is 2. The van der Waals surface area contributed by atoms with E-state index in [9.17, 15) is 4.79 Å². The van der Waals surface area contributed by atoms with Gasteiger partial charge in [-0.05, 0) is 24.3 Å². The minimum absolute atomic E-state index is 0.309. The van der Waals surface area contributed by atoms with Gasteiger partial charge in [-0.2, -0.15) is 0 Å². The first-order valence-electron chi connectivity index (χ1n) is 6.81. The summed E-state index contributed by atoms with van der Waals surface area (Å²) in [6, 6.07) is 8.30. The standard InChI is InChI=1S/C16H12Cl2N2O3S/c1-22-12-4-3-8(5-9(12)17)15(21)20-16-19-11-6-10(18)13(23-2)7-14(11)24-16/h3-7H,1-2H3,(H,19,20,21). The lowest BCUT2D eigenvalue weighted by Gasteiger charge is -2.05. The number of amides is 1. The molecule has 0 unspecified atom stereocenters. The Morgan fingerprint density at radius 1 is 1.08 bits per heavy atom. The summed E-state index contributed by atoms with van der Waals surface area (Å²) in [6.45, 7) is 0. The number of carbonyl (C=O) groups excluding carboxylic acids is 1. The topological polar surface area (TPSA) is 60.5 Å². The summed E-state index contributed by atoms with van der Waals surface area (Å²) < 4.78 is 11.1. The molecule has 0 fully saturated rings. The van der Waals surface area contributed by atoms with Crippen molar-refractivity contribution >= 4 is 55.8 Å². The molecule has 1 amide bonds. The van der Waals surface area contributed by atoms with E-state index in [1.54, 1.807) is 37.4 Å².